The number of hydrogen-bond acceptors (Lipinski definition) is 3. The van der Waals surface area contributed by atoms with Crippen molar-refractivity contribution in [2.24, 2.45) is 0 Å². The molecule has 0 atom stereocenters. The van der Waals surface area contributed by atoms with E-state index in [1.807, 2.05) is 0 Å². The van der Waals surface area contributed by atoms with E-state index < -0.39 is 5.97 Å². The van der Waals surface area contributed by atoms with Crippen LogP contribution in [0.5, 0.6) is 5.75 Å². The zero-order valence-electron chi connectivity index (χ0n) is 8.12. The Morgan fingerprint density at radius 1 is 1.60 bits per heavy atom. The predicted molar refractivity (Wildman–Crippen MR) is 57.1 cm³/mol. The number of esters is 1. The quantitative estimate of drug-likeness (QED) is 0.583. The van der Waals surface area contributed by atoms with Crippen molar-refractivity contribution in [3.05, 3.63) is 28.8 Å². The van der Waals surface area contributed by atoms with E-state index in [0.717, 1.165) is 0 Å². The second-order valence-electron chi connectivity index (χ2n) is 2.60. The van der Waals surface area contributed by atoms with E-state index in [1.165, 1.54) is 7.11 Å². The Bertz CT molecular complexity index is 407. The van der Waals surface area contributed by atoms with Crippen LogP contribution < -0.4 is 4.74 Å². The molecule has 0 unspecified atom stereocenters. The lowest BCUT2D eigenvalue weighted by Gasteiger charge is -2.07. The van der Waals surface area contributed by atoms with Gasteiger partial charge >= 0.3 is 5.97 Å². The van der Waals surface area contributed by atoms with E-state index in [9.17, 15) is 4.79 Å². The fraction of sp³-hybridized carbons (Fsp3) is 0.182. The number of terminal acetylenes is 1. The van der Waals surface area contributed by atoms with Gasteiger partial charge in [0.2, 0.25) is 0 Å². The van der Waals surface area contributed by atoms with Gasteiger partial charge in [0.05, 0.1) is 17.7 Å². The molecule has 0 spiro atoms. The molecule has 0 bridgehead atoms. The van der Waals surface area contributed by atoms with E-state index in [2.05, 4.69) is 10.7 Å². The van der Waals surface area contributed by atoms with Gasteiger partial charge in [0.15, 0.2) is 0 Å². The molecule has 15 heavy (non-hydrogen) atoms. The molecule has 0 radical (unpaired) electrons. The maximum atomic E-state index is 11.3. The zero-order chi connectivity index (χ0) is 11.3. The summed E-state index contributed by atoms with van der Waals surface area (Å²) in [6.07, 6.45) is 5.04. The average Bonchev–Trinajstić information content (AvgIpc) is 2.27. The van der Waals surface area contributed by atoms with Gasteiger partial charge < -0.3 is 9.47 Å². The first-order valence-electron chi connectivity index (χ1n) is 4.13. The maximum absolute atomic E-state index is 11.3. The number of ether oxygens (including phenoxy) is 2. The molecule has 0 heterocycles. The number of methoxy groups -OCH3 is 1. The van der Waals surface area contributed by atoms with E-state index >= 15 is 0 Å². The highest BCUT2D eigenvalue weighted by atomic mass is 35.5. The minimum Gasteiger partial charge on any atom is -0.479 e. The van der Waals surface area contributed by atoms with Crippen LogP contribution in [0.15, 0.2) is 18.2 Å². The molecule has 0 aliphatic carbocycles. The van der Waals surface area contributed by atoms with Gasteiger partial charge in [-0.3, -0.25) is 0 Å². The van der Waals surface area contributed by atoms with E-state index in [0.29, 0.717) is 5.75 Å². The number of rotatable bonds is 3. The summed E-state index contributed by atoms with van der Waals surface area (Å²) >= 11 is 5.92. The fourth-order valence-corrected chi connectivity index (χ4v) is 1.27. The molecule has 4 heteroatoms. The second kappa shape index (κ2) is 5.28. The minimum absolute atomic E-state index is 0.102. The van der Waals surface area contributed by atoms with Crippen LogP contribution in [-0.2, 0) is 4.74 Å². The van der Waals surface area contributed by atoms with Crippen molar-refractivity contribution in [2.75, 3.05) is 13.7 Å². The number of carbonyl (C=O) groups excluding carboxylic acids is 1. The molecule has 1 aromatic carbocycles. The minimum atomic E-state index is -0.508. The summed E-state index contributed by atoms with van der Waals surface area (Å²) in [5, 5.41) is 0.208. The molecule has 0 aliphatic heterocycles. The fourth-order valence-electron chi connectivity index (χ4n) is 1.01. The van der Waals surface area contributed by atoms with Gasteiger partial charge in [-0.2, -0.15) is 0 Å². The lowest BCUT2D eigenvalue weighted by Crippen LogP contribution is -2.03. The molecule has 0 fully saturated rings. The van der Waals surface area contributed by atoms with Crippen LogP contribution in [0.1, 0.15) is 10.4 Å². The molecule has 0 saturated carbocycles. The lowest BCUT2D eigenvalue weighted by molar-refractivity contribution is 0.0600. The first kappa shape index (κ1) is 11.4. The number of carbonyl (C=O) groups is 1. The Kier molecular flexibility index (Phi) is 4.02. The van der Waals surface area contributed by atoms with Crippen LogP contribution in [0.25, 0.3) is 0 Å². The Morgan fingerprint density at radius 2 is 2.33 bits per heavy atom. The van der Waals surface area contributed by atoms with Crippen LogP contribution in [0, 0.1) is 12.3 Å². The van der Waals surface area contributed by atoms with E-state index in [1.54, 1.807) is 18.2 Å². The summed E-state index contributed by atoms with van der Waals surface area (Å²) in [4.78, 5) is 11.3. The van der Waals surface area contributed by atoms with Gasteiger partial charge in [-0.1, -0.05) is 23.6 Å². The van der Waals surface area contributed by atoms with Gasteiger partial charge in [-0.25, -0.2) is 4.79 Å². The predicted octanol–water partition coefficient (Wildman–Crippen LogP) is 2.14. The molecular formula is C11H9ClO3. The Morgan fingerprint density at radius 3 is 2.93 bits per heavy atom. The number of hydrogen-bond donors (Lipinski definition) is 0. The standard InChI is InChI=1S/C11H9ClO3/c1-3-7-15-9-6-4-5-8(10(9)12)11(13)14-2/h1,4-6H,7H2,2H3. The molecule has 0 saturated heterocycles. The molecule has 0 N–H and O–H groups in total. The third kappa shape index (κ3) is 2.64. The van der Waals surface area contributed by atoms with Gasteiger partial charge in [0, 0.05) is 0 Å². The monoisotopic (exact) mass is 224 g/mol. The highest BCUT2D eigenvalue weighted by molar-refractivity contribution is 6.35. The summed E-state index contributed by atoms with van der Waals surface area (Å²) in [5.74, 6) is 2.17. The van der Waals surface area contributed by atoms with Crippen LogP contribution in [0.2, 0.25) is 5.02 Å². The normalized spacial score (nSPS) is 9.13. The molecule has 1 rings (SSSR count). The van der Waals surface area contributed by atoms with Crippen LogP contribution in [0.3, 0.4) is 0 Å². The van der Waals surface area contributed by atoms with Crippen molar-refractivity contribution in [3.8, 4) is 18.1 Å². The highest BCUT2D eigenvalue weighted by Crippen LogP contribution is 2.28. The molecule has 0 aliphatic rings. The van der Waals surface area contributed by atoms with Crippen molar-refractivity contribution in [2.45, 2.75) is 0 Å². The van der Waals surface area contributed by atoms with Gasteiger partial charge in [0.1, 0.15) is 12.4 Å². The Balaban J connectivity index is 3.01. The smallest absolute Gasteiger partial charge is 0.339 e. The van der Waals surface area contributed by atoms with Crippen molar-refractivity contribution in [3.63, 3.8) is 0 Å². The zero-order valence-corrected chi connectivity index (χ0v) is 8.88. The SMILES string of the molecule is C#CCOc1cccc(C(=O)OC)c1Cl. The summed E-state index contributed by atoms with van der Waals surface area (Å²) in [7, 11) is 1.29. The summed E-state index contributed by atoms with van der Waals surface area (Å²) in [5.41, 5.74) is 0.258. The molecule has 1 aromatic rings. The number of halogens is 1. The highest BCUT2D eigenvalue weighted by Gasteiger charge is 2.13. The lowest BCUT2D eigenvalue weighted by atomic mass is 10.2. The third-order valence-corrected chi connectivity index (χ3v) is 2.07. The van der Waals surface area contributed by atoms with E-state index in [-0.39, 0.29) is 17.2 Å². The van der Waals surface area contributed by atoms with Crippen LogP contribution in [-0.4, -0.2) is 19.7 Å². The topological polar surface area (TPSA) is 35.5 Å². The van der Waals surface area contributed by atoms with Crippen LogP contribution >= 0.6 is 11.6 Å². The molecule has 0 aromatic heterocycles. The summed E-state index contributed by atoms with van der Waals surface area (Å²) in [6, 6.07) is 4.83. The molecule has 0 amide bonds. The first-order valence-corrected chi connectivity index (χ1v) is 4.51. The van der Waals surface area contributed by atoms with E-state index in [4.69, 9.17) is 22.8 Å². The van der Waals surface area contributed by atoms with Gasteiger partial charge in [-0.05, 0) is 12.1 Å². The van der Waals surface area contributed by atoms with Gasteiger partial charge in [-0.15, -0.1) is 6.42 Å². The summed E-state index contributed by atoms with van der Waals surface area (Å²) in [6.45, 7) is 0.102. The van der Waals surface area contributed by atoms with Gasteiger partial charge in [0.25, 0.3) is 0 Å². The van der Waals surface area contributed by atoms with Crippen molar-refractivity contribution in [1.82, 2.24) is 0 Å². The largest absolute Gasteiger partial charge is 0.479 e. The second-order valence-corrected chi connectivity index (χ2v) is 2.98. The number of benzene rings is 1. The molecule has 3 nitrogen and oxygen atoms in total. The first-order chi connectivity index (χ1) is 7.20. The van der Waals surface area contributed by atoms with Crippen molar-refractivity contribution >= 4 is 17.6 Å². The Hall–Kier alpha value is -1.66. The third-order valence-electron chi connectivity index (χ3n) is 1.68. The Labute approximate surface area is 92.9 Å². The molecular weight excluding hydrogens is 216 g/mol. The maximum Gasteiger partial charge on any atom is 0.339 e. The average molecular weight is 225 g/mol. The van der Waals surface area contributed by atoms with Crippen molar-refractivity contribution in [1.29, 1.82) is 0 Å². The van der Waals surface area contributed by atoms with Crippen molar-refractivity contribution < 1.29 is 14.3 Å². The summed E-state index contributed by atoms with van der Waals surface area (Å²) < 4.78 is 9.70. The van der Waals surface area contributed by atoms with Crippen LogP contribution in [0.4, 0.5) is 0 Å². The molecule has 78 valence electrons.